The van der Waals surface area contributed by atoms with Crippen LogP contribution in [0.2, 0.25) is 0 Å². The van der Waals surface area contributed by atoms with Crippen molar-refractivity contribution in [1.29, 1.82) is 0 Å². The number of oxime groups is 1. The molecule has 3 fully saturated rings. The van der Waals surface area contributed by atoms with Crippen molar-refractivity contribution in [3.8, 4) is 5.75 Å². The van der Waals surface area contributed by atoms with Gasteiger partial charge < -0.3 is 35.3 Å². The van der Waals surface area contributed by atoms with Crippen LogP contribution in [0.25, 0.3) is 0 Å². The summed E-state index contributed by atoms with van der Waals surface area (Å²) < 4.78 is 4.83. The monoisotopic (exact) mass is 612 g/mol. The number of fused-ring (bicyclic) bond motifs is 5. The summed E-state index contributed by atoms with van der Waals surface area (Å²) in [4.78, 5) is 42.9. The van der Waals surface area contributed by atoms with Gasteiger partial charge in [0, 0.05) is 11.8 Å². The van der Waals surface area contributed by atoms with E-state index < -0.39 is 47.4 Å². The zero-order chi connectivity index (χ0) is 31.9. The van der Waals surface area contributed by atoms with Crippen molar-refractivity contribution in [1.82, 2.24) is 5.32 Å². The van der Waals surface area contributed by atoms with Gasteiger partial charge in [0.1, 0.15) is 24.0 Å². The summed E-state index contributed by atoms with van der Waals surface area (Å²) in [5.41, 5.74) is -0.0499. The largest absolute Gasteiger partial charge is 0.508 e. The molecule has 3 saturated carbocycles. The average Bonchev–Trinajstić information content (AvgIpc) is 3.27. The number of benzene rings is 1. The standard InChI is InChI=1S/C33H44N2O9/c1-31-12-10-21(35-44-18-28(40)34-25(30(41)43-3)14-19-4-7-22(37)8-5-19)15-20(31)6-9-23-24-11-13-33(42,27(39)17-36)32(24,2)16-26(38)29(23)31/h4-5,7-8,15,23-26,29,36-38,42H,6,9-14,16-18H2,1-3H3,(H,34,40)/b35-21+/t23-,24-,25-,26-,29+,31-,32-,33-/m0/s1. The highest BCUT2D eigenvalue weighted by Crippen LogP contribution is 2.67. The number of aliphatic hydroxyl groups is 3. The Balaban J connectivity index is 1.23. The fourth-order valence-corrected chi connectivity index (χ4v) is 8.98. The number of rotatable bonds is 9. The van der Waals surface area contributed by atoms with Gasteiger partial charge in [-0.05, 0) is 91.9 Å². The molecule has 0 aromatic heterocycles. The molecule has 44 heavy (non-hydrogen) atoms. The molecule has 5 rings (SSSR count). The average molecular weight is 613 g/mol. The normalized spacial score (nSPS) is 35.9. The molecule has 5 N–H and O–H groups in total. The number of aromatic hydroxyl groups is 1. The van der Waals surface area contributed by atoms with Crippen LogP contribution in [0.15, 0.2) is 41.1 Å². The fourth-order valence-electron chi connectivity index (χ4n) is 8.98. The van der Waals surface area contributed by atoms with Crippen molar-refractivity contribution in [2.24, 2.45) is 33.7 Å². The molecule has 11 heteroatoms. The van der Waals surface area contributed by atoms with Gasteiger partial charge in [0.25, 0.3) is 5.91 Å². The molecule has 0 unspecified atom stereocenters. The third kappa shape index (κ3) is 5.54. The van der Waals surface area contributed by atoms with E-state index in [1.807, 2.05) is 13.0 Å². The van der Waals surface area contributed by atoms with Gasteiger partial charge >= 0.3 is 5.97 Å². The van der Waals surface area contributed by atoms with Gasteiger partial charge in [-0.3, -0.25) is 9.59 Å². The van der Waals surface area contributed by atoms with Crippen LogP contribution in [-0.2, 0) is 30.4 Å². The maximum Gasteiger partial charge on any atom is 0.328 e. The summed E-state index contributed by atoms with van der Waals surface area (Å²) >= 11 is 0. The predicted octanol–water partition coefficient (Wildman–Crippen LogP) is 2.19. The number of carbonyl (C=O) groups is 3. The SMILES string of the molecule is COC(=O)[C@H](Cc1ccc(O)cc1)NC(=O)CO/N=C1/C=C2CC[C@@H]3[C@H]([C@@H](O)C[C@@]4(C)[C@H]3CC[C@]4(O)C(=O)CO)[C@@]2(C)CC1. The van der Waals surface area contributed by atoms with Crippen LogP contribution < -0.4 is 5.32 Å². The van der Waals surface area contributed by atoms with Crippen molar-refractivity contribution in [2.45, 2.75) is 83.0 Å². The Morgan fingerprint density at radius 3 is 2.52 bits per heavy atom. The van der Waals surface area contributed by atoms with Gasteiger partial charge in [0.15, 0.2) is 12.4 Å². The smallest absolute Gasteiger partial charge is 0.328 e. The first-order chi connectivity index (χ1) is 20.9. The second-order valence-corrected chi connectivity index (χ2v) is 13.5. The molecule has 1 aromatic carbocycles. The molecule has 4 aliphatic rings. The van der Waals surface area contributed by atoms with Crippen LogP contribution in [0.3, 0.4) is 0 Å². The highest BCUT2D eigenvalue weighted by atomic mass is 16.6. The number of ether oxygens (including phenoxy) is 1. The quantitative estimate of drug-likeness (QED) is 0.207. The Bertz CT molecular complexity index is 1340. The number of amides is 1. The summed E-state index contributed by atoms with van der Waals surface area (Å²) in [5, 5.41) is 48.9. The van der Waals surface area contributed by atoms with E-state index in [4.69, 9.17) is 9.57 Å². The van der Waals surface area contributed by atoms with E-state index in [-0.39, 0.29) is 41.9 Å². The number of allylic oxidation sites excluding steroid dienone is 2. The molecule has 8 atom stereocenters. The summed E-state index contributed by atoms with van der Waals surface area (Å²) in [5.74, 6) is -1.38. The molecule has 0 aliphatic heterocycles. The number of aliphatic hydroxyl groups excluding tert-OH is 2. The van der Waals surface area contributed by atoms with Gasteiger partial charge in [-0.1, -0.05) is 36.7 Å². The third-order valence-electron chi connectivity index (χ3n) is 11.2. The third-order valence-corrected chi connectivity index (χ3v) is 11.2. The molecule has 240 valence electrons. The summed E-state index contributed by atoms with van der Waals surface area (Å²) in [6, 6.07) is 5.40. The zero-order valence-electron chi connectivity index (χ0n) is 25.6. The lowest BCUT2D eigenvalue weighted by Gasteiger charge is -2.60. The van der Waals surface area contributed by atoms with E-state index in [2.05, 4.69) is 17.4 Å². The Labute approximate surface area is 257 Å². The lowest BCUT2D eigenvalue weighted by atomic mass is 9.45. The van der Waals surface area contributed by atoms with Gasteiger partial charge in [-0.2, -0.15) is 0 Å². The second kappa shape index (κ2) is 12.3. The Morgan fingerprint density at radius 1 is 1.11 bits per heavy atom. The summed E-state index contributed by atoms with van der Waals surface area (Å²) in [6.07, 6.45) is 5.75. The van der Waals surface area contributed by atoms with Crippen molar-refractivity contribution in [3.63, 3.8) is 0 Å². The maximum atomic E-state index is 12.6. The number of carbonyl (C=O) groups excluding carboxylic acids is 3. The molecule has 0 radical (unpaired) electrons. The number of esters is 1. The Kier molecular flexibility index (Phi) is 8.94. The first-order valence-electron chi connectivity index (χ1n) is 15.5. The molecule has 1 aromatic rings. The minimum Gasteiger partial charge on any atom is -0.508 e. The first-order valence-corrected chi connectivity index (χ1v) is 15.5. The second-order valence-electron chi connectivity index (χ2n) is 13.5. The lowest BCUT2D eigenvalue weighted by molar-refractivity contribution is -0.181. The van der Waals surface area contributed by atoms with Gasteiger partial charge in [0.2, 0.25) is 0 Å². The summed E-state index contributed by atoms with van der Waals surface area (Å²) in [6.45, 7) is 3.01. The predicted molar refractivity (Wildman–Crippen MR) is 159 cm³/mol. The van der Waals surface area contributed by atoms with Crippen molar-refractivity contribution < 1.29 is 44.4 Å². The van der Waals surface area contributed by atoms with E-state index in [0.717, 1.165) is 24.8 Å². The van der Waals surface area contributed by atoms with Gasteiger partial charge in [-0.25, -0.2) is 4.79 Å². The van der Waals surface area contributed by atoms with Crippen LogP contribution in [-0.4, -0.2) is 81.9 Å². The number of nitrogens with zero attached hydrogens (tertiary/aromatic N) is 1. The molecule has 0 spiro atoms. The molecule has 0 saturated heterocycles. The highest BCUT2D eigenvalue weighted by Gasteiger charge is 2.68. The molecular weight excluding hydrogens is 568 g/mol. The molecule has 0 heterocycles. The van der Waals surface area contributed by atoms with Gasteiger partial charge in [-0.15, -0.1) is 0 Å². The molecule has 11 nitrogen and oxygen atoms in total. The number of phenols is 1. The van der Waals surface area contributed by atoms with Crippen molar-refractivity contribution in [3.05, 3.63) is 41.5 Å². The number of Topliss-reactive ketones (excluding diaryl/α,β-unsaturated/α-hetero) is 1. The minimum atomic E-state index is -1.62. The fraction of sp³-hybridized carbons (Fsp3) is 0.636. The molecular formula is C33H44N2O9. The number of methoxy groups -OCH3 is 1. The first kappa shape index (κ1) is 32.1. The molecule has 0 bridgehead atoms. The van der Waals surface area contributed by atoms with E-state index in [1.165, 1.54) is 24.8 Å². The van der Waals surface area contributed by atoms with Crippen LogP contribution >= 0.6 is 0 Å². The van der Waals surface area contributed by atoms with Crippen LogP contribution in [0.5, 0.6) is 5.75 Å². The van der Waals surface area contributed by atoms with Crippen LogP contribution in [0.4, 0.5) is 0 Å². The molecule has 1 amide bonds. The van der Waals surface area contributed by atoms with Crippen LogP contribution in [0.1, 0.15) is 64.4 Å². The number of nitrogens with one attached hydrogen (secondary N) is 1. The van der Waals surface area contributed by atoms with E-state index >= 15 is 0 Å². The lowest BCUT2D eigenvalue weighted by Crippen LogP contribution is -2.62. The topological polar surface area (TPSA) is 175 Å². The van der Waals surface area contributed by atoms with Gasteiger partial charge in [0.05, 0.1) is 18.9 Å². The number of hydrogen-bond donors (Lipinski definition) is 5. The molecule has 4 aliphatic carbocycles. The number of ketones is 1. The minimum absolute atomic E-state index is 0.0239. The van der Waals surface area contributed by atoms with Crippen molar-refractivity contribution in [2.75, 3.05) is 20.3 Å². The Morgan fingerprint density at radius 2 is 1.84 bits per heavy atom. The Hall–Kier alpha value is -3.28. The van der Waals surface area contributed by atoms with E-state index in [0.29, 0.717) is 31.4 Å². The van der Waals surface area contributed by atoms with E-state index in [1.54, 1.807) is 12.1 Å². The zero-order valence-corrected chi connectivity index (χ0v) is 25.6. The van der Waals surface area contributed by atoms with Crippen molar-refractivity contribution >= 4 is 23.4 Å². The maximum absolute atomic E-state index is 12.6. The highest BCUT2D eigenvalue weighted by molar-refractivity contribution is 5.96. The van der Waals surface area contributed by atoms with Crippen LogP contribution in [0, 0.1) is 28.6 Å². The number of phenolic OH excluding ortho intramolecular Hbond substituents is 1. The van der Waals surface area contributed by atoms with E-state index in [9.17, 15) is 34.8 Å². The number of hydrogen-bond acceptors (Lipinski definition) is 10. The summed E-state index contributed by atoms with van der Waals surface area (Å²) in [7, 11) is 1.25.